The molecule has 0 atom stereocenters. The smallest absolute Gasteiger partial charge is 0.341 e. The Labute approximate surface area is 168 Å². The average molecular weight is 417 g/mol. The number of aromatic hydroxyl groups is 1. The Morgan fingerprint density at radius 1 is 1.00 bits per heavy atom. The van der Waals surface area contributed by atoms with E-state index < -0.39 is 15.8 Å². The van der Waals surface area contributed by atoms with Crippen molar-refractivity contribution in [3.05, 3.63) is 82.9 Å². The lowest BCUT2D eigenvalue weighted by molar-refractivity contribution is 0.0597. The van der Waals surface area contributed by atoms with Gasteiger partial charge in [0.05, 0.1) is 17.8 Å². The summed E-state index contributed by atoms with van der Waals surface area (Å²) in [5.74, 6) is -1.34. The number of hydrogen-bond donors (Lipinski definition) is 1. The Bertz CT molecular complexity index is 1140. The number of carbonyl (C=O) groups excluding carboxylic acids is 1. The van der Waals surface area contributed by atoms with Gasteiger partial charge in [-0.2, -0.15) is 0 Å². The molecule has 0 aromatic heterocycles. The summed E-state index contributed by atoms with van der Waals surface area (Å²) in [6.07, 6.45) is 0. The summed E-state index contributed by atoms with van der Waals surface area (Å²) in [5, 5.41) is 10.5. The Balaban J connectivity index is 1.90. The van der Waals surface area contributed by atoms with E-state index in [0.717, 1.165) is 11.1 Å². The molecule has 0 spiro atoms. The monoisotopic (exact) mass is 416 g/mol. The molecule has 5 nitrogen and oxygen atoms in total. The molecule has 0 saturated carbocycles. The zero-order valence-corrected chi connectivity index (χ0v) is 16.5. The molecule has 3 aromatic rings. The average Bonchev–Trinajstić information content (AvgIpc) is 2.67. The Hall–Kier alpha value is -2.83. The lowest BCUT2D eigenvalue weighted by Gasteiger charge is -2.09. The standard InChI is InChI=1S/C21H17ClO5S/c1-27-21(24)19-9-8-14(10-20(19)23)13-28(25,26)18-7-3-5-16(12-18)15-4-2-6-17(22)11-15/h2-12,23H,13H2,1H3. The van der Waals surface area contributed by atoms with Gasteiger partial charge >= 0.3 is 5.97 Å². The summed E-state index contributed by atoms with van der Waals surface area (Å²) in [5.41, 5.74) is 1.88. The van der Waals surface area contributed by atoms with Crippen LogP contribution in [-0.2, 0) is 20.3 Å². The molecule has 0 saturated heterocycles. The first kappa shape index (κ1) is 19.9. The van der Waals surface area contributed by atoms with Crippen molar-refractivity contribution in [1.82, 2.24) is 0 Å². The van der Waals surface area contributed by atoms with Gasteiger partial charge in [0, 0.05) is 5.02 Å². The predicted octanol–water partition coefficient (Wildman–Crippen LogP) is 4.47. The number of halogens is 1. The van der Waals surface area contributed by atoms with E-state index in [-0.39, 0.29) is 22.0 Å². The fourth-order valence-electron chi connectivity index (χ4n) is 2.79. The van der Waals surface area contributed by atoms with E-state index in [0.29, 0.717) is 10.6 Å². The molecule has 1 N–H and O–H groups in total. The normalized spacial score (nSPS) is 11.2. The number of sulfone groups is 1. The zero-order valence-electron chi connectivity index (χ0n) is 14.9. The molecule has 144 valence electrons. The van der Waals surface area contributed by atoms with Crippen LogP contribution < -0.4 is 0 Å². The van der Waals surface area contributed by atoms with Gasteiger partial charge in [0.2, 0.25) is 0 Å². The van der Waals surface area contributed by atoms with Crippen LogP contribution in [0.2, 0.25) is 5.02 Å². The highest BCUT2D eigenvalue weighted by Gasteiger charge is 2.18. The highest BCUT2D eigenvalue weighted by atomic mass is 35.5. The van der Waals surface area contributed by atoms with Gasteiger partial charge in [0.1, 0.15) is 11.3 Å². The van der Waals surface area contributed by atoms with Gasteiger partial charge in [-0.3, -0.25) is 0 Å². The van der Waals surface area contributed by atoms with E-state index in [4.69, 9.17) is 11.6 Å². The van der Waals surface area contributed by atoms with Crippen LogP contribution in [0.3, 0.4) is 0 Å². The molecule has 0 heterocycles. The fourth-order valence-corrected chi connectivity index (χ4v) is 4.36. The summed E-state index contributed by atoms with van der Waals surface area (Å²) in [7, 11) is -2.47. The molecule has 3 rings (SSSR count). The van der Waals surface area contributed by atoms with E-state index in [2.05, 4.69) is 4.74 Å². The zero-order chi connectivity index (χ0) is 20.3. The molecule has 0 aliphatic carbocycles. The van der Waals surface area contributed by atoms with Crippen molar-refractivity contribution in [2.24, 2.45) is 0 Å². The van der Waals surface area contributed by atoms with Gasteiger partial charge in [-0.05, 0) is 53.1 Å². The van der Waals surface area contributed by atoms with Crippen LogP contribution in [0, 0.1) is 0 Å². The molecule has 28 heavy (non-hydrogen) atoms. The van der Waals surface area contributed by atoms with Crippen LogP contribution in [0.15, 0.2) is 71.6 Å². The largest absolute Gasteiger partial charge is 0.507 e. The predicted molar refractivity (Wildman–Crippen MR) is 107 cm³/mol. The molecule has 0 unspecified atom stereocenters. The third-order valence-corrected chi connectivity index (χ3v) is 6.10. The third-order valence-electron chi connectivity index (χ3n) is 4.18. The molecule has 0 bridgehead atoms. The minimum atomic E-state index is -3.67. The highest BCUT2D eigenvalue weighted by Crippen LogP contribution is 2.27. The van der Waals surface area contributed by atoms with Crippen molar-refractivity contribution < 1.29 is 23.1 Å². The van der Waals surface area contributed by atoms with E-state index >= 15 is 0 Å². The number of carbonyl (C=O) groups is 1. The summed E-state index contributed by atoms with van der Waals surface area (Å²) >= 11 is 6.02. The van der Waals surface area contributed by atoms with Crippen molar-refractivity contribution in [3.63, 3.8) is 0 Å². The van der Waals surface area contributed by atoms with Crippen LogP contribution in [0.4, 0.5) is 0 Å². The first-order valence-corrected chi connectivity index (χ1v) is 10.3. The van der Waals surface area contributed by atoms with Crippen molar-refractivity contribution in [3.8, 4) is 16.9 Å². The lowest BCUT2D eigenvalue weighted by Crippen LogP contribution is -2.06. The van der Waals surface area contributed by atoms with Crippen molar-refractivity contribution in [2.45, 2.75) is 10.6 Å². The number of ether oxygens (including phenoxy) is 1. The molecule has 7 heteroatoms. The second-order valence-electron chi connectivity index (χ2n) is 6.14. The summed E-state index contributed by atoms with van der Waals surface area (Å²) < 4.78 is 30.2. The van der Waals surface area contributed by atoms with Crippen LogP contribution in [0.5, 0.6) is 5.75 Å². The highest BCUT2D eigenvalue weighted by molar-refractivity contribution is 7.90. The minimum Gasteiger partial charge on any atom is -0.507 e. The number of phenols is 1. The van der Waals surface area contributed by atoms with E-state index in [9.17, 15) is 18.3 Å². The Morgan fingerprint density at radius 3 is 2.32 bits per heavy atom. The molecule has 0 aliphatic heterocycles. The maximum absolute atomic E-state index is 12.8. The maximum atomic E-state index is 12.8. The third kappa shape index (κ3) is 4.35. The van der Waals surface area contributed by atoms with Crippen LogP contribution in [-0.4, -0.2) is 26.6 Å². The second kappa shape index (κ2) is 8.04. The summed E-state index contributed by atoms with van der Waals surface area (Å²) in [4.78, 5) is 11.7. The number of rotatable bonds is 5. The topological polar surface area (TPSA) is 80.7 Å². The van der Waals surface area contributed by atoms with Crippen molar-refractivity contribution >= 4 is 27.4 Å². The number of methoxy groups -OCH3 is 1. The van der Waals surface area contributed by atoms with Gasteiger partial charge in [-0.25, -0.2) is 13.2 Å². The maximum Gasteiger partial charge on any atom is 0.341 e. The number of esters is 1. The second-order valence-corrected chi connectivity index (χ2v) is 8.57. The lowest BCUT2D eigenvalue weighted by atomic mass is 10.1. The summed E-state index contributed by atoms with van der Waals surface area (Å²) in [6.45, 7) is 0. The molecule has 0 aliphatic rings. The number of benzene rings is 3. The van der Waals surface area contributed by atoms with Gasteiger partial charge < -0.3 is 9.84 Å². The molecular formula is C21H17ClO5S. The Kier molecular flexibility index (Phi) is 5.72. The van der Waals surface area contributed by atoms with Crippen LogP contribution in [0.25, 0.3) is 11.1 Å². The van der Waals surface area contributed by atoms with Gasteiger partial charge in [-0.1, -0.05) is 41.9 Å². The molecular weight excluding hydrogens is 400 g/mol. The van der Waals surface area contributed by atoms with Crippen molar-refractivity contribution in [2.75, 3.05) is 7.11 Å². The van der Waals surface area contributed by atoms with Crippen LogP contribution >= 0.6 is 11.6 Å². The number of phenolic OH excluding ortho intramolecular Hbond substituents is 1. The fraction of sp³-hybridized carbons (Fsp3) is 0.0952. The van der Waals surface area contributed by atoms with E-state index in [1.54, 1.807) is 30.3 Å². The van der Waals surface area contributed by atoms with Gasteiger partial charge in [0.15, 0.2) is 9.84 Å². The van der Waals surface area contributed by atoms with Gasteiger partial charge in [-0.15, -0.1) is 0 Å². The quantitative estimate of drug-likeness (QED) is 0.620. The van der Waals surface area contributed by atoms with Gasteiger partial charge in [0.25, 0.3) is 0 Å². The summed E-state index contributed by atoms with van der Waals surface area (Å²) in [6, 6.07) is 17.8. The first-order valence-electron chi connectivity index (χ1n) is 8.29. The number of hydrogen-bond acceptors (Lipinski definition) is 5. The van der Waals surface area contributed by atoms with Crippen molar-refractivity contribution in [1.29, 1.82) is 0 Å². The SMILES string of the molecule is COC(=O)c1ccc(CS(=O)(=O)c2cccc(-c3cccc(Cl)c3)c2)cc1O. The Morgan fingerprint density at radius 2 is 1.68 bits per heavy atom. The minimum absolute atomic E-state index is 0.0217. The molecule has 0 radical (unpaired) electrons. The first-order chi connectivity index (χ1) is 13.3. The van der Waals surface area contributed by atoms with Crippen LogP contribution in [0.1, 0.15) is 15.9 Å². The van der Waals surface area contributed by atoms with E-state index in [1.165, 1.54) is 31.4 Å². The molecule has 0 amide bonds. The van der Waals surface area contributed by atoms with E-state index in [1.807, 2.05) is 12.1 Å². The molecule has 0 fully saturated rings. The molecule has 3 aromatic carbocycles.